The molecule has 188 valence electrons. The van der Waals surface area contributed by atoms with Crippen LogP contribution in [0.4, 0.5) is 5.82 Å². The molecule has 7 rings (SSSR count). The lowest BCUT2D eigenvalue weighted by molar-refractivity contribution is 0.0695. The van der Waals surface area contributed by atoms with E-state index in [2.05, 4.69) is 60.3 Å². The highest BCUT2D eigenvalue weighted by molar-refractivity contribution is 5.93. The molecule has 4 aromatic rings. The van der Waals surface area contributed by atoms with Crippen LogP contribution in [0.15, 0.2) is 36.8 Å². The molecule has 0 aliphatic carbocycles. The van der Waals surface area contributed by atoms with Gasteiger partial charge in [-0.2, -0.15) is 5.10 Å². The maximum atomic E-state index is 5.63. The highest BCUT2D eigenvalue weighted by Crippen LogP contribution is 2.39. The van der Waals surface area contributed by atoms with Gasteiger partial charge in [-0.15, -0.1) is 0 Å². The normalized spacial score (nSPS) is 21.1. The van der Waals surface area contributed by atoms with Gasteiger partial charge in [-0.25, -0.2) is 9.97 Å². The Hall–Kier alpha value is -3.01. The van der Waals surface area contributed by atoms with Gasteiger partial charge in [-0.1, -0.05) is 12.1 Å². The first-order chi connectivity index (χ1) is 17.8. The molecule has 3 aromatic heterocycles. The summed E-state index contributed by atoms with van der Waals surface area (Å²) in [7, 11) is 0. The van der Waals surface area contributed by atoms with Crippen LogP contribution in [0.3, 0.4) is 0 Å². The highest BCUT2D eigenvalue weighted by atomic mass is 16.5. The molecular formula is C27H34N8O. The van der Waals surface area contributed by atoms with E-state index < -0.39 is 0 Å². The predicted molar refractivity (Wildman–Crippen MR) is 140 cm³/mol. The predicted octanol–water partition coefficient (Wildman–Crippen LogP) is 3.07. The molecule has 0 bridgehead atoms. The Labute approximate surface area is 210 Å². The van der Waals surface area contributed by atoms with Gasteiger partial charge in [0.15, 0.2) is 11.5 Å². The third-order valence-corrected chi connectivity index (χ3v) is 8.51. The summed E-state index contributed by atoms with van der Waals surface area (Å²) in [4.78, 5) is 15.2. The van der Waals surface area contributed by atoms with Crippen LogP contribution in [0, 0.1) is 5.41 Å². The third-order valence-electron chi connectivity index (χ3n) is 8.51. The topological polar surface area (TPSA) is 86.6 Å². The number of rotatable bonds is 4. The van der Waals surface area contributed by atoms with Gasteiger partial charge in [0.2, 0.25) is 0 Å². The van der Waals surface area contributed by atoms with Gasteiger partial charge < -0.3 is 19.4 Å². The van der Waals surface area contributed by atoms with Gasteiger partial charge in [-0.05, 0) is 63.3 Å². The maximum Gasteiger partial charge on any atom is 0.180 e. The first kappa shape index (κ1) is 22.2. The zero-order valence-corrected chi connectivity index (χ0v) is 20.7. The Kier molecular flexibility index (Phi) is 5.64. The number of likely N-dealkylation sites (tertiary alicyclic amines) is 1. The number of piperidine rings is 2. The molecule has 9 heteroatoms. The average molecular weight is 487 g/mol. The number of fused-ring (bicyclic) bond motifs is 2. The molecule has 1 aromatic carbocycles. The monoisotopic (exact) mass is 486 g/mol. The molecule has 36 heavy (non-hydrogen) atoms. The first-order valence-electron chi connectivity index (χ1n) is 13.3. The number of aromatic amines is 1. The van der Waals surface area contributed by atoms with Crippen molar-refractivity contribution in [2.75, 3.05) is 57.4 Å². The number of benzene rings is 1. The lowest BCUT2D eigenvalue weighted by Crippen LogP contribution is -2.45. The molecule has 2 N–H and O–H groups in total. The standard InChI is InChI=1S/C27H34N8O/c1-2-21(22-16-29-32-23(22)3-1)24-19-35-18-20(30-25(35)26(31-24)34-12-14-36-15-13-34)17-33-10-6-27(7-11-33)4-8-28-9-5-27/h1-3,16,18-19,28H,4-15,17H2,(H,29,32). The van der Waals surface area contributed by atoms with Gasteiger partial charge in [-0.3, -0.25) is 10.00 Å². The van der Waals surface area contributed by atoms with Crippen molar-refractivity contribution in [1.82, 2.24) is 34.8 Å². The molecule has 3 fully saturated rings. The quantitative estimate of drug-likeness (QED) is 0.458. The van der Waals surface area contributed by atoms with Crippen LogP contribution in [0.5, 0.6) is 0 Å². The molecule has 0 unspecified atom stereocenters. The summed E-state index contributed by atoms with van der Waals surface area (Å²) in [5.41, 5.74) is 5.65. The molecule has 3 saturated heterocycles. The van der Waals surface area contributed by atoms with Crippen molar-refractivity contribution in [3.05, 3.63) is 42.5 Å². The van der Waals surface area contributed by atoms with Gasteiger partial charge in [0.1, 0.15) is 0 Å². The molecular weight excluding hydrogens is 452 g/mol. The summed E-state index contributed by atoms with van der Waals surface area (Å²) in [6.45, 7) is 8.66. The van der Waals surface area contributed by atoms with Crippen molar-refractivity contribution in [2.45, 2.75) is 32.2 Å². The van der Waals surface area contributed by atoms with E-state index in [9.17, 15) is 0 Å². The first-order valence-corrected chi connectivity index (χ1v) is 13.3. The van der Waals surface area contributed by atoms with E-state index in [0.717, 1.165) is 72.0 Å². The Bertz CT molecular complexity index is 1350. The maximum absolute atomic E-state index is 5.63. The van der Waals surface area contributed by atoms with Gasteiger partial charge in [0.25, 0.3) is 0 Å². The van der Waals surface area contributed by atoms with Crippen LogP contribution < -0.4 is 10.2 Å². The SMILES string of the molecule is c1cc(-c2cn3cc(CN4CCC5(CCNCC5)CC4)nc3c(N3CCOCC3)n2)c2cn[nH]c2c1. The fourth-order valence-corrected chi connectivity index (χ4v) is 6.29. The summed E-state index contributed by atoms with van der Waals surface area (Å²) in [5, 5.41) is 11.9. The number of hydrogen-bond donors (Lipinski definition) is 2. The smallest absolute Gasteiger partial charge is 0.180 e. The molecule has 3 aliphatic rings. The van der Waals surface area contributed by atoms with Crippen molar-refractivity contribution in [3.63, 3.8) is 0 Å². The Morgan fingerprint density at radius 2 is 1.78 bits per heavy atom. The van der Waals surface area contributed by atoms with Crippen LogP contribution in [-0.2, 0) is 11.3 Å². The minimum atomic E-state index is 0.567. The molecule has 9 nitrogen and oxygen atoms in total. The number of H-pyrrole nitrogens is 1. The number of hydrogen-bond acceptors (Lipinski definition) is 7. The van der Waals surface area contributed by atoms with Crippen molar-refractivity contribution >= 4 is 22.4 Å². The largest absolute Gasteiger partial charge is 0.378 e. The van der Waals surface area contributed by atoms with Crippen LogP contribution in [0.2, 0.25) is 0 Å². The Morgan fingerprint density at radius 1 is 0.944 bits per heavy atom. The number of anilines is 1. The molecule has 0 amide bonds. The molecule has 1 spiro atoms. The minimum absolute atomic E-state index is 0.567. The van der Waals surface area contributed by atoms with E-state index in [1.165, 1.54) is 38.8 Å². The van der Waals surface area contributed by atoms with E-state index in [4.69, 9.17) is 14.7 Å². The average Bonchev–Trinajstić information content (AvgIpc) is 3.57. The van der Waals surface area contributed by atoms with Crippen LogP contribution in [0.1, 0.15) is 31.4 Å². The lowest BCUT2D eigenvalue weighted by atomic mass is 9.71. The van der Waals surface area contributed by atoms with Crippen molar-refractivity contribution in [1.29, 1.82) is 0 Å². The second-order valence-electron chi connectivity index (χ2n) is 10.7. The van der Waals surface area contributed by atoms with E-state index in [-0.39, 0.29) is 0 Å². The highest BCUT2D eigenvalue weighted by Gasteiger charge is 2.35. The summed E-state index contributed by atoms with van der Waals surface area (Å²) < 4.78 is 7.81. The van der Waals surface area contributed by atoms with Gasteiger partial charge in [0, 0.05) is 43.0 Å². The third kappa shape index (κ3) is 4.05. The Morgan fingerprint density at radius 3 is 2.61 bits per heavy atom. The van der Waals surface area contributed by atoms with Crippen molar-refractivity contribution < 1.29 is 4.74 Å². The van der Waals surface area contributed by atoms with Crippen LogP contribution in [-0.4, -0.2) is 81.9 Å². The summed E-state index contributed by atoms with van der Waals surface area (Å²) in [6.07, 6.45) is 11.5. The molecule has 0 radical (unpaired) electrons. The summed E-state index contributed by atoms with van der Waals surface area (Å²) >= 11 is 0. The van der Waals surface area contributed by atoms with E-state index >= 15 is 0 Å². The number of aromatic nitrogens is 5. The molecule has 3 aliphatic heterocycles. The molecule has 0 saturated carbocycles. The van der Waals surface area contributed by atoms with E-state index in [0.29, 0.717) is 18.6 Å². The van der Waals surface area contributed by atoms with Crippen molar-refractivity contribution in [2.24, 2.45) is 5.41 Å². The van der Waals surface area contributed by atoms with Crippen LogP contribution >= 0.6 is 0 Å². The zero-order chi connectivity index (χ0) is 24.0. The zero-order valence-electron chi connectivity index (χ0n) is 20.7. The fraction of sp³-hybridized carbons (Fsp3) is 0.519. The molecule has 6 heterocycles. The van der Waals surface area contributed by atoms with Gasteiger partial charge in [0.05, 0.1) is 36.3 Å². The number of nitrogens with zero attached hydrogens (tertiary/aromatic N) is 6. The number of ether oxygens (including phenoxy) is 1. The fourth-order valence-electron chi connectivity index (χ4n) is 6.29. The summed E-state index contributed by atoms with van der Waals surface area (Å²) in [6, 6.07) is 6.23. The molecule has 0 atom stereocenters. The van der Waals surface area contributed by atoms with E-state index in [1.807, 2.05) is 6.20 Å². The second-order valence-corrected chi connectivity index (χ2v) is 10.7. The summed E-state index contributed by atoms with van der Waals surface area (Å²) in [5.74, 6) is 0.940. The number of morpholine rings is 1. The van der Waals surface area contributed by atoms with Crippen molar-refractivity contribution in [3.8, 4) is 11.3 Å². The second kappa shape index (κ2) is 9.14. The number of nitrogens with one attached hydrogen (secondary N) is 2. The van der Waals surface area contributed by atoms with Crippen LogP contribution in [0.25, 0.3) is 27.8 Å². The lowest BCUT2D eigenvalue weighted by Gasteiger charge is -2.44. The Balaban J connectivity index is 1.21. The van der Waals surface area contributed by atoms with Gasteiger partial charge >= 0.3 is 0 Å². The van der Waals surface area contributed by atoms with E-state index in [1.54, 1.807) is 0 Å². The minimum Gasteiger partial charge on any atom is -0.378 e. The number of imidazole rings is 1.